The number of H-pyrrole nitrogens is 1. The van der Waals surface area contributed by atoms with Gasteiger partial charge in [-0.2, -0.15) is 8.78 Å². The number of halogens is 2. The van der Waals surface area contributed by atoms with Gasteiger partial charge in [0, 0.05) is 42.3 Å². The van der Waals surface area contributed by atoms with Crippen molar-refractivity contribution in [2.45, 2.75) is 12.5 Å². The third-order valence-electron chi connectivity index (χ3n) is 4.16. The van der Waals surface area contributed by atoms with Crippen LogP contribution >= 0.6 is 0 Å². The van der Waals surface area contributed by atoms with Crippen molar-refractivity contribution in [3.05, 3.63) is 72.5 Å². The Morgan fingerprint density at radius 1 is 1.32 bits per heavy atom. The molecular formula is C20H20F2N6. The zero-order valence-electron chi connectivity index (χ0n) is 15.2. The normalized spacial score (nSPS) is 13.0. The molecule has 28 heavy (non-hydrogen) atoms. The molecule has 6 nitrogen and oxygen atoms in total. The van der Waals surface area contributed by atoms with Crippen molar-refractivity contribution in [1.82, 2.24) is 20.3 Å². The van der Waals surface area contributed by atoms with E-state index in [1.165, 1.54) is 6.33 Å². The first-order chi connectivity index (χ1) is 13.6. The third kappa shape index (κ3) is 4.59. The van der Waals surface area contributed by atoms with E-state index in [1.807, 2.05) is 12.1 Å². The topological polar surface area (TPSA) is 92.0 Å². The third-order valence-corrected chi connectivity index (χ3v) is 4.16. The van der Waals surface area contributed by atoms with Gasteiger partial charge < -0.3 is 16.0 Å². The van der Waals surface area contributed by atoms with Crippen LogP contribution in [-0.4, -0.2) is 28.2 Å². The molecule has 0 bridgehead atoms. The van der Waals surface area contributed by atoms with Gasteiger partial charge in [0.15, 0.2) is 0 Å². The average Bonchev–Trinajstić information content (AvgIpc) is 3.16. The van der Waals surface area contributed by atoms with E-state index in [0.717, 1.165) is 17.0 Å². The summed E-state index contributed by atoms with van der Waals surface area (Å²) in [6.45, 7) is 0. The minimum atomic E-state index is -1.72. The Kier molecular flexibility index (Phi) is 6.11. The Hall–Kier alpha value is -3.55. The van der Waals surface area contributed by atoms with Crippen molar-refractivity contribution >= 4 is 28.5 Å². The number of aromatic amines is 1. The molecule has 2 aromatic heterocycles. The van der Waals surface area contributed by atoms with Crippen LogP contribution in [0, 0.1) is 0 Å². The molecule has 1 atom stereocenters. The van der Waals surface area contributed by atoms with Crippen LogP contribution in [-0.2, 0) is 0 Å². The molecule has 3 aromatic rings. The van der Waals surface area contributed by atoms with Crippen LogP contribution in [0.3, 0.4) is 0 Å². The molecule has 4 N–H and O–H groups in total. The predicted molar refractivity (Wildman–Crippen MR) is 108 cm³/mol. The molecule has 0 spiro atoms. The second kappa shape index (κ2) is 8.90. The van der Waals surface area contributed by atoms with Crippen LogP contribution in [0.1, 0.15) is 23.7 Å². The highest BCUT2D eigenvalue weighted by Gasteiger charge is 2.12. The van der Waals surface area contributed by atoms with Crippen LogP contribution in [0.5, 0.6) is 0 Å². The number of fused-ring (bicyclic) bond motifs is 1. The van der Waals surface area contributed by atoms with Crippen molar-refractivity contribution in [1.29, 1.82) is 0 Å². The van der Waals surface area contributed by atoms with E-state index in [-0.39, 0.29) is 6.42 Å². The summed E-state index contributed by atoms with van der Waals surface area (Å²) in [5.41, 5.74) is 9.31. The number of hydrogen-bond donors (Lipinski definition) is 3. The summed E-state index contributed by atoms with van der Waals surface area (Å²) in [6.07, 6.45) is 5.88. The molecule has 8 heteroatoms. The highest BCUT2D eigenvalue weighted by atomic mass is 19.3. The van der Waals surface area contributed by atoms with Gasteiger partial charge >= 0.3 is 0 Å². The molecular weight excluding hydrogens is 362 g/mol. The second-order valence-electron chi connectivity index (χ2n) is 6.07. The minimum absolute atomic E-state index is 0.0994. The van der Waals surface area contributed by atoms with E-state index in [9.17, 15) is 8.78 Å². The molecule has 0 radical (unpaired) electrons. The van der Waals surface area contributed by atoms with Crippen molar-refractivity contribution < 1.29 is 8.78 Å². The van der Waals surface area contributed by atoms with E-state index in [1.54, 1.807) is 43.9 Å². The van der Waals surface area contributed by atoms with Crippen LogP contribution in [0.4, 0.5) is 14.5 Å². The van der Waals surface area contributed by atoms with Gasteiger partial charge in [0.25, 0.3) is 6.08 Å². The van der Waals surface area contributed by atoms with E-state index in [2.05, 4.69) is 25.3 Å². The molecule has 0 aliphatic rings. The number of rotatable bonds is 7. The molecule has 3 rings (SSSR count). The standard InChI is InChI=1S/C20H20F2N6/c1-24-10-14(19-16-7-8-25-20(16)28-12-27-19)11-26-17(5-6-18(21)22)13-3-2-4-15(23)9-13/h2-4,6-12,17,26H,5,23H2,1H3,(H,25,27,28)/b14-11+,24-10-. The fourth-order valence-electron chi connectivity index (χ4n) is 2.88. The van der Waals surface area contributed by atoms with Crippen molar-refractivity contribution in [2.75, 3.05) is 12.8 Å². The highest BCUT2D eigenvalue weighted by Crippen LogP contribution is 2.23. The molecule has 1 aromatic carbocycles. The Bertz CT molecular complexity index is 1030. The number of nitrogen functional groups attached to an aromatic ring is 1. The SMILES string of the molecule is C/N=C\C(=C/NC(CC=C(F)F)c1cccc(N)c1)c1ncnc2[nH]ccc12. The number of allylic oxidation sites excluding steroid dienone is 1. The molecule has 0 aliphatic heterocycles. The zero-order chi connectivity index (χ0) is 19.9. The summed E-state index contributed by atoms with van der Waals surface area (Å²) in [7, 11) is 1.65. The van der Waals surface area contributed by atoms with Crippen LogP contribution < -0.4 is 11.1 Å². The quantitative estimate of drug-likeness (QED) is 0.424. The maximum atomic E-state index is 12.7. The van der Waals surface area contributed by atoms with Crippen LogP contribution in [0.2, 0.25) is 0 Å². The zero-order valence-corrected chi connectivity index (χ0v) is 15.2. The highest BCUT2D eigenvalue weighted by molar-refractivity contribution is 6.13. The van der Waals surface area contributed by atoms with Gasteiger partial charge in [0.05, 0.1) is 11.7 Å². The van der Waals surface area contributed by atoms with Crippen molar-refractivity contribution in [2.24, 2.45) is 4.99 Å². The summed E-state index contributed by atoms with van der Waals surface area (Å²) < 4.78 is 25.3. The fraction of sp³-hybridized carbons (Fsp3) is 0.150. The van der Waals surface area contributed by atoms with Gasteiger partial charge in [-0.1, -0.05) is 12.1 Å². The maximum Gasteiger partial charge on any atom is 0.266 e. The summed E-state index contributed by atoms with van der Waals surface area (Å²) in [6, 6.07) is 8.63. The second-order valence-corrected chi connectivity index (χ2v) is 6.07. The fourth-order valence-corrected chi connectivity index (χ4v) is 2.88. The summed E-state index contributed by atoms with van der Waals surface area (Å²) in [4.78, 5) is 15.7. The predicted octanol–water partition coefficient (Wildman–Crippen LogP) is 4.08. The first-order valence-corrected chi connectivity index (χ1v) is 8.62. The molecule has 0 saturated carbocycles. The Morgan fingerprint density at radius 2 is 2.18 bits per heavy atom. The van der Waals surface area contributed by atoms with Gasteiger partial charge in [0.1, 0.15) is 12.0 Å². The largest absolute Gasteiger partial charge is 0.399 e. The number of nitrogens with two attached hydrogens (primary N) is 1. The minimum Gasteiger partial charge on any atom is -0.399 e. The smallest absolute Gasteiger partial charge is 0.266 e. The van der Waals surface area contributed by atoms with E-state index < -0.39 is 12.1 Å². The lowest BCUT2D eigenvalue weighted by Gasteiger charge is -2.17. The summed E-state index contributed by atoms with van der Waals surface area (Å²) in [5, 5.41) is 4.04. The van der Waals surface area contributed by atoms with Crippen molar-refractivity contribution in [3.8, 4) is 0 Å². The first-order valence-electron chi connectivity index (χ1n) is 8.62. The lowest BCUT2D eigenvalue weighted by Crippen LogP contribution is -2.16. The molecule has 1 unspecified atom stereocenters. The van der Waals surface area contributed by atoms with E-state index in [0.29, 0.717) is 22.6 Å². The first kappa shape index (κ1) is 19.2. The molecule has 0 fully saturated rings. The van der Waals surface area contributed by atoms with Gasteiger partial charge in [0.2, 0.25) is 0 Å². The van der Waals surface area contributed by atoms with Gasteiger partial charge in [-0.05, 0) is 36.3 Å². The molecule has 0 saturated heterocycles. The van der Waals surface area contributed by atoms with Crippen LogP contribution in [0.15, 0.2) is 66.2 Å². The molecule has 144 valence electrons. The average molecular weight is 382 g/mol. The van der Waals surface area contributed by atoms with Crippen LogP contribution in [0.25, 0.3) is 16.6 Å². The molecule has 0 amide bonds. The van der Waals surface area contributed by atoms with E-state index >= 15 is 0 Å². The lowest BCUT2D eigenvalue weighted by molar-refractivity contribution is 0.414. The Labute approximate surface area is 160 Å². The van der Waals surface area contributed by atoms with Gasteiger partial charge in [-0.3, -0.25) is 4.99 Å². The van der Waals surface area contributed by atoms with Gasteiger partial charge in [-0.15, -0.1) is 0 Å². The van der Waals surface area contributed by atoms with E-state index in [4.69, 9.17) is 5.73 Å². The summed E-state index contributed by atoms with van der Waals surface area (Å²) in [5.74, 6) is 0. The number of aliphatic imine (C=N–C) groups is 1. The monoisotopic (exact) mass is 382 g/mol. The number of anilines is 1. The number of nitrogens with one attached hydrogen (secondary N) is 2. The molecule has 0 aliphatic carbocycles. The Morgan fingerprint density at radius 3 is 2.93 bits per heavy atom. The lowest BCUT2D eigenvalue weighted by atomic mass is 10.0. The number of hydrogen-bond acceptors (Lipinski definition) is 5. The maximum absolute atomic E-state index is 12.7. The Balaban J connectivity index is 1.96. The number of benzene rings is 1. The number of nitrogens with zero attached hydrogens (tertiary/aromatic N) is 3. The summed E-state index contributed by atoms with van der Waals surface area (Å²) >= 11 is 0. The molecule has 2 heterocycles. The van der Waals surface area contributed by atoms with Crippen molar-refractivity contribution in [3.63, 3.8) is 0 Å². The number of aromatic nitrogens is 3. The van der Waals surface area contributed by atoms with Gasteiger partial charge in [-0.25, -0.2) is 9.97 Å².